The summed E-state index contributed by atoms with van der Waals surface area (Å²) in [6.45, 7) is 0. The first kappa shape index (κ1) is 17.4. The highest BCUT2D eigenvalue weighted by Crippen LogP contribution is 2.28. The zero-order valence-electron chi connectivity index (χ0n) is 13.8. The predicted octanol–water partition coefficient (Wildman–Crippen LogP) is 4.72. The molecule has 0 saturated carbocycles. The van der Waals surface area contributed by atoms with Gasteiger partial charge in [-0.25, -0.2) is 10.4 Å². The Balaban J connectivity index is 1.39. The number of hydrogen-bond donors (Lipinski definition) is 2. The average molecular weight is 397 g/mol. The fourth-order valence-corrected chi connectivity index (χ4v) is 3.38. The molecule has 0 aliphatic heterocycles. The Morgan fingerprint density at radius 3 is 2.81 bits per heavy atom. The molecule has 0 atom stereocenters. The first-order valence-electron chi connectivity index (χ1n) is 7.99. The Bertz CT molecular complexity index is 1100. The van der Waals surface area contributed by atoms with E-state index < -0.39 is 0 Å². The van der Waals surface area contributed by atoms with E-state index in [0.717, 1.165) is 16.2 Å². The van der Waals surface area contributed by atoms with Gasteiger partial charge in [-0.05, 0) is 48.2 Å². The van der Waals surface area contributed by atoms with E-state index in [-0.39, 0.29) is 5.91 Å². The molecule has 134 valence electrons. The molecule has 0 fully saturated rings. The highest BCUT2D eigenvalue weighted by molar-refractivity contribution is 7.99. The molecule has 0 aliphatic rings. The fourth-order valence-electron chi connectivity index (χ4n) is 2.39. The zero-order valence-corrected chi connectivity index (χ0v) is 15.4. The zero-order chi connectivity index (χ0) is 18.6. The second kappa shape index (κ2) is 7.69. The van der Waals surface area contributed by atoms with Gasteiger partial charge in [-0.3, -0.25) is 4.79 Å². The van der Waals surface area contributed by atoms with Crippen LogP contribution in [0, 0.1) is 0 Å². The predicted molar refractivity (Wildman–Crippen MR) is 105 cm³/mol. The molecule has 27 heavy (non-hydrogen) atoms. The molecule has 2 N–H and O–H groups in total. The number of furan rings is 1. The number of aromatic nitrogens is 2. The second-order valence-corrected chi connectivity index (χ2v) is 6.90. The number of benzene rings is 2. The van der Waals surface area contributed by atoms with Crippen molar-refractivity contribution in [1.82, 2.24) is 15.4 Å². The molecule has 0 unspecified atom stereocenters. The number of H-pyrrole nitrogens is 1. The van der Waals surface area contributed by atoms with Crippen LogP contribution in [0.15, 0.2) is 80.4 Å². The third-order valence-corrected chi connectivity index (χ3v) is 4.78. The van der Waals surface area contributed by atoms with Gasteiger partial charge in [-0.15, -0.1) is 0 Å². The minimum Gasteiger partial charge on any atom is -0.448 e. The Kier molecular flexibility index (Phi) is 4.95. The topological polar surface area (TPSA) is 83.3 Å². The highest BCUT2D eigenvalue weighted by atomic mass is 35.5. The lowest BCUT2D eigenvalue weighted by Gasteiger charge is -2.01. The van der Waals surface area contributed by atoms with Gasteiger partial charge < -0.3 is 9.40 Å². The van der Waals surface area contributed by atoms with Gasteiger partial charge >= 0.3 is 0 Å². The van der Waals surface area contributed by atoms with Crippen molar-refractivity contribution in [1.29, 1.82) is 0 Å². The van der Waals surface area contributed by atoms with Crippen LogP contribution in [0.4, 0.5) is 0 Å². The number of carbonyl (C=O) groups is 1. The lowest BCUT2D eigenvalue weighted by molar-refractivity contribution is 0.0955. The van der Waals surface area contributed by atoms with Crippen LogP contribution < -0.4 is 5.43 Å². The van der Waals surface area contributed by atoms with E-state index in [0.29, 0.717) is 21.4 Å². The molecule has 0 spiro atoms. The summed E-state index contributed by atoms with van der Waals surface area (Å²) in [5.41, 5.74) is 4.65. The number of nitrogens with zero attached hydrogens (tertiary/aromatic N) is 2. The molecule has 0 aliphatic carbocycles. The smallest absolute Gasteiger partial charge is 0.272 e. The SMILES string of the molecule is O=C(N/N=C\c1ccc(Sc2nc3ccccc3[nH]2)o1)c1ccccc1Cl. The summed E-state index contributed by atoms with van der Waals surface area (Å²) in [6, 6.07) is 18.1. The maximum atomic E-state index is 12.0. The molecule has 8 heteroatoms. The number of imidazole rings is 1. The lowest BCUT2D eigenvalue weighted by atomic mass is 10.2. The van der Waals surface area contributed by atoms with Crippen LogP contribution in [-0.4, -0.2) is 22.1 Å². The molecule has 1 amide bonds. The molecule has 4 rings (SSSR count). The van der Waals surface area contributed by atoms with E-state index in [2.05, 4.69) is 20.5 Å². The summed E-state index contributed by atoms with van der Waals surface area (Å²) in [4.78, 5) is 19.7. The summed E-state index contributed by atoms with van der Waals surface area (Å²) in [5.74, 6) is 0.119. The van der Waals surface area contributed by atoms with Gasteiger partial charge in [0.2, 0.25) is 0 Å². The Labute approximate surface area is 163 Å². The van der Waals surface area contributed by atoms with Crippen molar-refractivity contribution >= 4 is 46.5 Å². The molecule has 2 heterocycles. The molecule has 0 bridgehead atoms. The number of para-hydroxylation sites is 2. The third-order valence-electron chi connectivity index (χ3n) is 3.64. The summed E-state index contributed by atoms with van der Waals surface area (Å²) < 4.78 is 5.67. The molecule has 2 aromatic heterocycles. The molecule has 4 aromatic rings. The third kappa shape index (κ3) is 4.05. The van der Waals surface area contributed by atoms with Crippen LogP contribution in [0.25, 0.3) is 11.0 Å². The van der Waals surface area contributed by atoms with E-state index in [9.17, 15) is 4.79 Å². The van der Waals surface area contributed by atoms with Crippen molar-refractivity contribution in [2.45, 2.75) is 10.2 Å². The maximum Gasteiger partial charge on any atom is 0.272 e. The van der Waals surface area contributed by atoms with Gasteiger partial charge in [-0.1, -0.05) is 35.9 Å². The largest absolute Gasteiger partial charge is 0.448 e. The number of nitrogens with one attached hydrogen (secondary N) is 2. The molecular formula is C19H13ClN4O2S. The van der Waals surface area contributed by atoms with Crippen LogP contribution >= 0.6 is 23.4 Å². The van der Waals surface area contributed by atoms with Crippen LogP contribution in [0.3, 0.4) is 0 Å². The first-order chi connectivity index (χ1) is 13.2. The van der Waals surface area contributed by atoms with Crippen molar-refractivity contribution in [2.24, 2.45) is 5.10 Å². The molecule has 2 aromatic carbocycles. The normalized spacial score (nSPS) is 11.3. The van der Waals surface area contributed by atoms with Crippen LogP contribution in [-0.2, 0) is 0 Å². The van der Waals surface area contributed by atoms with Crippen molar-refractivity contribution in [3.63, 3.8) is 0 Å². The second-order valence-electron chi connectivity index (χ2n) is 5.50. The number of rotatable bonds is 5. The van der Waals surface area contributed by atoms with Crippen molar-refractivity contribution in [2.75, 3.05) is 0 Å². The minimum atomic E-state index is -0.389. The molecule has 0 radical (unpaired) electrons. The number of fused-ring (bicyclic) bond motifs is 1. The van der Waals surface area contributed by atoms with Crippen LogP contribution in [0.1, 0.15) is 16.1 Å². The number of hydrogen-bond acceptors (Lipinski definition) is 5. The molecule has 0 saturated heterocycles. The summed E-state index contributed by atoms with van der Waals surface area (Å²) in [7, 11) is 0. The Morgan fingerprint density at radius 2 is 1.96 bits per heavy atom. The van der Waals surface area contributed by atoms with E-state index in [1.54, 1.807) is 30.3 Å². The number of halogens is 1. The van der Waals surface area contributed by atoms with Crippen LogP contribution in [0.2, 0.25) is 5.02 Å². The summed E-state index contributed by atoms with van der Waals surface area (Å²) in [6.07, 6.45) is 1.43. The van der Waals surface area contributed by atoms with E-state index in [1.165, 1.54) is 18.0 Å². The van der Waals surface area contributed by atoms with Gasteiger partial charge in [-0.2, -0.15) is 5.10 Å². The maximum absolute atomic E-state index is 12.0. The van der Waals surface area contributed by atoms with E-state index in [1.807, 2.05) is 30.3 Å². The van der Waals surface area contributed by atoms with Gasteiger partial charge in [0.15, 0.2) is 10.2 Å². The van der Waals surface area contributed by atoms with E-state index in [4.69, 9.17) is 16.0 Å². The number of amides is 1. The minimum absolute atomic E-state index is 0.358. The van der Waals surface area contributed by atoms with Gasteiger partial charge in [0.05, 0.1) is 27.8 Å². The Morgan fingerprint density at radius 1 is 1.15 bits per heavy atom. The summed E-state index contributed by atoms with van der Waals surface area (Å²) >= 11 is 7.35. The standard InChI is InChI=1S/C19H13ClN4O2S/c20-14-6-2-1-5-13(14)18(25)24-21-11-12-9-10-17(26-12)27-19-22-15-7-3-4-8-16(15)23-19/h1-11H,(H,22,23)(H,24,25)/b21-11-. The lowest BCUT2D eigenvalue weighted by Crippen LogP contribution is -2.17. The first-order valence-corrected chi connectivity index (χ1v) is 9.19. The summed E-state index contributed by atoms with van der Waals surface area (Å²) in [5, 5.41) is 5.67. The van der Waals surface area contributed by atoms with Crippen LogP contribution in [0.5, 0.6) is 0 Å². The number of hydrazone groups is 1. The fraction of sp³-hybridized carbons (Fsp3) is 0. The van der Waals surface area contributed by atoms with Gasteiger partial charge in [0.25, 0.3) is 5.91 Å². The Hall–Kier alpha value is -3.03. The highest BCUT2D eigenvalue weighted by Gasteiger charge is 2.09. The monoisotopic (exact) mass is 396 g/mol. The van der Waals surface area contributed by atoms with Gasteiger partial charge in [0, 0.05) is 0 Å². The average Bonchev–Trinajstić information content (AvgIpc) is 3.28. The van der Waals surface area contributed by atoms with Crippen molar-refractivity contribution in [3.05, 3.63) is 77.0 Å². The van der Waals surface area contributed by atoms with Crippen molar-refractivity contribution < 1.29 is 9.21 Å². The number of aromatic amines is 1. The van der Waals surface area contributed by atoms with Gasteiger partial charge in [0.1, 0.15) is 5.76 Å². The van der Waals surface area contributed by atoms with Crippen molar-refractivity contribution in [3.8, 4) is 0 Å². The molecule has 6 nitrogen and oxygen atoms in total. The number of carbonyl (C=O) groups excluding carboxylic acids is 1. The van der Waals surface area contributed by atoms with E-state index >= 15 is 0 Å². The molecular weight excluding hydrogens is 384 g/mol. The quantitative estimate of drug-likeness (QED) is 0.377.